The van der Waals surface area contributed by atoms with E-state index in [1.165, 1.54) is 0 Å². The number of anilines is 2. The molecule has 0 aliphatic carbocycles. The monoisotopic (exact) mass is 287 g/mol. The molecule has 0 saturated carbocycles. The summed E-state index contributed by atoms with van der Waals surface area (Å²) in [6, 6.07) is 0. The SMILES string of the molecule is CCCc1nc(N)c(C)c(NCCNS(C)(=O)=O)n1. The van der Waals surface area contributed by atoms with Crippen molar-refractivity contribution in [3.8, 4) is 0 Å². The molecule has 0 unspecified atom stereocenters. The maximum absolute atomic E-state index is 10.9. The second-order valence-electron chi connectivity index (χ2n) is 4.34. The van der Waals surface area contributed by atoms with Gasteiger partial charge in [0.1, 0.15) is 17.5 Å². The van der Waals surface area contributed by atoms with Gasteiger partial charge in [-0.2, -0.15) is 0 Å². The summed E-state index contributed by atoms with van der Waals surface area (Å²) in [4.78, 5) is 8.58. The number of nitrogens with two attached hydrogens (primary N) is 1. The molecule has 0 bridgehead atoms. The van der Waals surface area contributed by atoms with Gasteiger partial charge < -0.3 is 11.1 Å². The molecular formula is C11H21N5O2S. The Morgan fingerprint density at radius 2 is 1.95 bits per heavy atom. The van der Waals surface area contributed by atoms with Gasteiger partial charge in [0.2, 0.25) is 10.0 Å². The van der Waals surface area contributed by atoms with E-state index < -0.39 is 10.0 Å². The van der Waals surface area contributed by atoms with E-state index in [1.807, 2.05) is 13.8 Å². The van der Waals surface area contributed by atoms with Crippen LogP contribution in [0.15, 0.2) is 0 Å². The molecule has 0 saturated heterocycles. The van der Waals surface area contributed by atoms with Crippen LogP contribution < -0.4 is 15.8 Å². The molecule has 0 amide bonds. The van der Waals surface area contributed by atoms with Crippen LogP contribution in [0.1, 0.15) is 24.7 Å². The Morgan fingerprint density at radius 1 is 1.26 bits per heavy atom. The molecule has 0 aliphatic heterocycles. The van der Waals surface area contributed by atoms with Gasteiger partial charge in [-0.15, -0.1) is 0 Å². The van der Waals surface area contributed by atoms with Crippen molar-refractivity contribution >= 4 is 21.7 Å². The van der Waals surface area contributed by atoms with Crippen molar-refractivity contribution in [1.29, 1.82) is 0 Å². The van der Waals surface area contributed by atoms with Gasteiger partial charge in [-0.3, -0.25) is 0 Å². The zero-order valence-electron chi connectivity index (χ0n) is 11.5. The molecular weight excluding hydrogens is 266 g/mol. The summed E-state index contributed by atoms with van der Waals surface area (Å²) < 4.78 is 24.2. The highest BCUT2D eigenvalue weighted by Crippen LogP contribution is 2.17. The Kier molecular flexibility index (Phi) is 5.49. The molecule has 0 fully saturated rings. The van der Waals surface area contributed by atoms with Crippen LogP contribution in [0, 0.1) is 6.92 Å². The first-order valence-corrected chi connectivity index (χ1v) is 8.04. The summed E-state index contributed by atoms with van der Waals surface area (Å²) in [7, 11) is -3.16. The Balaban J connectivity index is 2.66. The summed E-state index contributed by atoms with van der Waals surface area (Å²) in [5.74, 6) is 1.81. The van der Waals surface area contributed by atoms with Crippen molar-refractivity contribution in [2.75, 3.05) is 30.4 Å². The predicted molar refractivity (Wildman–Crippen MR) is 76.5 cm³/mol. The fourth-order valence-corrected chi connectivity index (χ4v) is 1.98. The van der Waals surface area contributed by atoms with Crippen LogP contribution in [0.3, 0.4) is 0 Å². The molecule has 1 aromatic rings. The van der Waals surface area contributed by atoms with Gasteiger partial charge in [0.25, 0.3) is 0 Å². The molecule has 0 radical (unpaired) electrons. The second-order valence-corrected chi connectivity index (χ2v) is 6.17. The second kappa shape index (κ2) is 6.67. The van der Waals surface area contributed by atoms with Crippen molar-refractivity contribution < 1.29 is 8.42 Å². The zero-order chi connectivity index (χ0) is 14.5. The lowest BCUT2D eigenvalue weighted by molar-refractivity contribution is 0.589. The van der Waals surface area contributed by atoms with Gasteiger partial charge in [0.15, 0.2) is 0 Å². The maximum atomic E-state index is 10.9. The lowest BCUT2D eigenvalue weighted by atomic mass is 10.2. The number of sulfonamides is 1. The number of hydrogen-bond acceptors (Lipinski definition) is 6. The summed E-state index contributed by atoms with van der Waals surface area (Å²) in [5.41, 5.74) is 6.60. The van der Waals surface area contributed by atoms with Crippen LogP contribution in [0.5, 0.6) is 0 Å². The highest BCUT2D eigenvalue weighted by Gasteiger charge is 2.08. The molecule has 1 rings (SSSR count). The van der Waals surface area contributed by atoms with Crippen LogP contribution in [0.2, 0.25) is 0 Å². The van der Waals surface area contributed by atoms with E-state index in [4.69, 9.17) is 5.73 Å². The van der Waals surface area contributed by atoms with Gasteiger partial charge >= 0.3 is 0 Å². The topological polar surface area (TPSA) is 110 Å². The number of aromatic nitrogens is 2. The fourth-order valence-electron chi connectivity index (χ4n) is 1.51. The molecule has 0 atom stereocenters. The third kappa shape index (κ3) is 5.39. The first-order valence-electron chi connectivity index (χ1n) is 6.15. The van der Waals surface area contributed by atoms with Crippen molar-refractivity contribution in [3.63, 3.8) is 0 Å². The predicted octanol–water partition coefficient (Wildman–Crippen LogP) is 0.281. The molecule has 0 spiro atoms. The number of nitrogens with one attached hydrogen (secondary N) is 2. The minimum atomic E-state index is -3.16. The van der Waals surface area contributed by atoms with Gasteiger partial charge in [-0.1, -0.05) is 6.92 Å². The van der Waals surface area contributed by atoms with E-state index >= 15 is 0 Å². The maximum Gasteiger partial charge on any atom is 0.208 e. The van der Waals surface area contributed by atoms with Gasteiger partial charge in [0, 0.05) is 25.1 Å². The molecule has 0 aliphatic rings. The lowest BCUT2D eigenvalue weighted by Gasteiger charge is -2.11. The van der Waals surface area contributed by atoms with Crippen LogP contribution in [0.4, 0.5) is 11.6 Å². The number of nitrogens with zero attached hydrogens (tertiary/aromatic N) is 2. The van der Waals surface area contributed by atoms with Gasteiger partial charge in [0.05, 0.1) is 6.26 Å². The average Bonchev–Trinajstić information content (AvgIpc) is 2.29. The minimum Gasteiger partial charge on any atom is -0.383 e. The summed E-state index contributed by atoms with van der Waals surface area (Å²) >= 11 is 0. The summed E-state index contributed by atoms with van der Waals surface area (Å²) in [6.45, 7) is 4.61. The number of aryl methyl sites for hydroxylation is 1. The molecule has 0 aromatic carbocycles. The van der Waals surface area contributed by atoms with Crippen molar-refractivity contribution in [1.82, 2.24) is 14.7 Å². The summed E-state index contributed by atoms with van der Waals surface area (Å²) in [5, 5.41) is 3.07. The zero-order valence-corrected chi connectivity index (χ0v) is 12.3. The number of hydrogen-bond donors (Lipinski definition) is 3. The minimum absolute atomic E-state index is 0.297. The van der Waals surface area contributed by atoms with E-state index in [0.29, 0.717) is 30.5 Å². The van der Waals surface area contributed by atoms with Crippen LogP contribution in [0.25, 0.3) is 0 Å². The largest absolute Gasteiger partial charge is 0.383 e. The Hall–Kier alpha value is -1.41. The van der Waals surface area contributed by atoms with Crippen molar-refractivity contribution in [2.24, 2.45) is 0 Å². The molecule has 108 valence electrons. The van der Waals surface area contributed by atoms with Crippen LogP contribution >= 0.6 is 0 Å². The van der Waals surface area contributed by atoms with Crippen molar-refractivity contribution in [3.05, 3.63) is 11.4 Å². The molecule has 7 nitrogen and oxygen atoms in total. The smallest absolute Gasteiger partial charge is 0.208 e. The third-order valence-corrected chi connectivity index (χ3v) is 3.21. The van der Waals surface area contributed by atoms with E-state index in [9.17, 15) is 8.42 Å². The van der Waals surface area contributed by atoms with E-state index in [0.717, 1.165) is 24.7 Å². The van der Waals surface area contributed by atoms with Gasteiger partial charge in [-0.25, -0.2) is 23.1 Å². The van der Waals surface area contributed by atoms with Gasteiger partial charge in [-0.05, 0) is 13.3 Å². The number of rotatable bonds is 7. The normalized spacial score (nSPS) is 11.5. The Bertz CT molecular complexity index is 530. The van der Waals surface area contributed by atoms with E-state index in [-0.39, 0.29) is 0 Å². The lowest BCUT2D eigenvalue weighted by Crippen LogP contribution is -2.28. The fraction of sp³-hybridized carbons (Fsp3) is 0.636. The molecule has 19 heavy (non-hydrogen) atoms. The van der Waals surface area contributed by atoms with Crippen LogP contribution in [-0.4, -0.2) is 37.7 Å². The van der Waals surface area contributed by atoms with E-state index in [1.54, 1.807) is 0 Å². The third-order valence-electron chi connectivity index (χ3n) is 2.49. The molecule has 4 N–H and O–H groups in total. The first-order chi connectivity index (χ1) is 8.83. The first kappa shape index (κ1) is 15.6. The Morgan fingerprint density at radius 3 is 2.53 bits per heavy atom. The average molecular weight is 287 g/mol. The van der Waals surface area contributed by atoms with E-state index in [2.05, 4.69) is 20.0 Å². The van der Waals surface area contributed by atoms with Crippen LogP contribution in [-0.2, 0) is 16.4 Å². The highest BCUT2D eigenvalue weighted by molar-refractivity contribution is 7.88. The standard InChI is InChI=1S/C11H21N5O2S/c1-4-5-9-15-10(12)8(2)11(16-9)13-6-7-14-19(3,17)18/h14H,4-7H2,1-3H3,(H3,12,13,15,16). The van der Waals surface area contributed by atoms with Crippen molar-refractivity contribution in [2.45, 2.75) is 26.7 Å². The number of nitrogen functional groups attached to an aromatic ring is 1. The summed E-state index contributed by atoms with van der Waals surface area (Å²) in [6.07, 6.45) is 2.83. The molecule has 8 heteroatoms. The molecule has 1 aromatic heterocycles. The quantitative estimate of drug-likeness (QED) is 0.621. The molecule has 1 heterocycles. The highest BCUT2D eigenvalue weighted by atomic mass is 32.2. The Labute approximate surface area is 114 Å².